The van der Waals surface area contributed by atoms with Gasteiger partial charge in [-0.25, -0.2) is 14.6 Å². The largest absolute Gasteiger partial charge is 0.480 e. The number of imidazole rings is 1. The van der Waals surface area contributed by atoms with Crippen LogP contribution < -0.4 is 10.6 Å². The van der Waals surface area contributed by atoms with Crippen LogP contribution in [-0.4, -0.2) is 32.7 Å². The van der Waals surface area contributed by atoms with E-state index in [-0.39, 0.29) is 18.3 Å². The van der Waals surface area contributed by atoms with Gasteiger partial charge in [-0.15, -0.1) is 0 Å². The number of carbonyl (C=O) groups excluding carboxylic acids is 1. The number of carboxylic acids is 1. The van der Waals surface area contributed by atoms with Gasteiger partial charge in [0.25, 0.3) is 0 Å². The molecule has 2 amide bonds. The Labute approximate surface area is 265 Å². The molecule has 0 radical (unpaired) electrons. The minimum Gasteiger partial charge on any atom is -0.480 e. The minimum atomic E-state index is -1.19. The number of aliphatic carboxylic acids is 1. The minimum absolute atomic E-state index is 0.00701. The molecule has 0 saturated carbocycles. The number of hydrogen-bond acceptors (Lipinski definition) is 3. The van der Waals surface area contributed by atoms with E-state index in [1.165, 1.54) is 0 Å². The smallest absolute Gasteiger partial charge is 0.326 e. The second kappa shape index (κ2) is 13.6. The van der Waals surface area contributed by atoms with Gasteiger partial charge >= 0.3 is 12.0 Å². The summed E-state index contributed by atoms with van der Waals surface area (Å²) >= 11 is 0. The van der Waals surface area contributed by atoms with Gasteiger partial charge in [0.05, 0.1) is 12.0 Å². The van der Waals surface area contributed by atoms with Crippen molar-refractivity contribution in [2.24, 2.45) is 0 Å². The van der Waals surface area contributed by atoms with Crippen LogP contribution in [0.1, 0.15) is 73.0 Å². The lowest BCUT2D eigenvalue weighted by molar-refractivity contribution is -0.139. The molecule has 0 aliphatic heterocycles. The quantitative estimate of drug-likeness (QED) is 0.135. The van der Waals surface area contributed by atoms with Crippen molar-refractivity contribution in [1.29, 1.82) is 0 Å². The first-order chi connectivity index (χ1) is 21.7. The molecule has 1 atom stereocenters. The number of carbonyl (C=O) groups is 2. The maximum atomic E-state index is 13.3. The number of para-hydroxylation sites is 1. The number of nitrogens with one attached hydrogen (secondary N) is 2. The van der Waals surface area contributed by atoms with Crippen LogP contribution in [0.5, 0.6) is 0 Å². The molecule has 0 fully saturated rings. The first kappa shape index (κ1) is 31.3. The lowest BCUT2D eigenvalue weighted by atomic mass is 9.77. The summed E-state index contributed by atoms with van der Waals surface area (Å²) in [6.07, 6.45) is 3.63. The van der Waals surface area contributed by atoms with E-state index in [1.54, 1.807) is 6.33 Å². The summed E-state index contributed by atoms with van der Waals surface area (Å²) in [5.74, 6) is -0.781. The summed E-state index contributed by atoms with van der Waals surface area (Å²) in [6, 6.07) is 34.8. The molecular formula is C38H40N4O3. The van der Waals surface area contributed by atoms with Crippen molar-refractivity contribution < 1.29 is 14.7 Å². The Morgan fingerprint density at radius 2 is 1.20 bits per heavy atom. The van der Waals surface area contributed by atoms with Crippen LogP contribution in [0.4, 0.5) is 10.5 Å². The number of hydrogen-bond donors (Lipinski definition) is 3. The summed E-state index contributed by atoms with van der Waals surface area (Å²) in [4.78, 5) is 30.4. The standard InChI is InChI=1S/C38H40N4O3/c1-26(2)32-21-14-22-33(27(3)4)35(32)41-37(45)40-34(36(43)44)23-31-24-42(25-39-31)38(28-15-8-5-9-16-28,29-17-10-6-11-18-29)30-19-12-7-13-20-30/h5-22,24-27,34H,23H2,1-4H3,(H,43,44)(H2,40,41,45). The lowest BCUT2D eigenvalue weighted by Gasteiger charge is -2.37. The van der Waals surface area contributed by atoms with Crippen LogP contribution in [0.25, 0.3) is 0 Å². The second-order valence-electron chi connectivity index (χ2n) is 11.9. The molecule has 0 saturated heterocycles. The van der Waals surface area contributed by atoms with Crippen molar-refractivity contribution in [2.75, 3.05) is 5.32 Å². The van der Waals surface area contributed by atoms with Crippen LogP contribution in [-0.2, 0) is 16.8 Å². The fraction of sp³-hybridized carbons (Fsp3) is 0.237. The Kier molecular flexibility index (Phi) is 9.48. The molecule has 1 heterocycles. The number of urea groups is 1. The van der Waals surface area contributed by atoms with Crippen molar-refractivity contribution in [3.05, 3.63) is 155 Å². The number of aromatic nitrogens is 2. The first-order valence-electron chi connectivity index (χ1n) is 15.3. The van der Waals surface area contributed by atoms with E-state index in [0.29, 0.717) is 5.69 Å². The maximum Gasteiger partial charge on any atom is 0.326 e. The summed E-state index contributed by atoms with van der Waals surface area (Å²) in [5, 5.41) is 15.8. The van der Waals surface area contributed by atoms with E-state index >= 15 is 0 Å². The highest BCUT2D eigenvalue weighted by molar-refractivity contribution is 5.94. The zero-order chi connectivity index (χ0) is 32.0. The van der Waals surface area contributed by atoms with E-state index < -0.39 is 23.6 Å². The van der Waals surface area contributed by atoms with Crippen LogP contribution in [0.3, 0.4) is 0 Å². The van der Waals surface area contributed by atoms with Crippen LogP contribution in [0.15, 0.2) is 122 Å². The highest BCUT2D eigenvalue weighted by Gasteiger charge is 2.38. The Bertz CT molecular complexity index is 1610. The Morgan fingerprint density at radius 3 is 1.62 bits per heavy atom. The third kappa shape index (κ3) is 6.53. The molecule has 0 bridgehead atoms. The average Bonchev–Trinajstić information content (AvgIpc) is 3.51. The number of carboxylic acid groups (broad SMARTS) is 1. The van der Waals surface area contributed by atoms with Gasteiger partial charge in [0.15, 0.2) is 0 Å². The molecule has 5 rings (SSSR count). The zero-order valence-electron chi connectivity index (χ0n) is 26.1. The molecule has 0 aliphatic rings. The maximum absolute atomic E-state index is 13.3. The third-order valence-electron chi connectivity index (χ3n) is 8.23. The van der Waals surface area contributed by atoms with Crippen molar-refractivity contribution in [3.8, 4) is 0 Å². The van der Waals surface area contributed by atoms with Gasteiger partial charge in [-0.2, -0.15) is 0 Å². The van der Waals surface area contributed by atoms with Gasteiger partial charge in [0.1, 0.15) is 11.6 Å². The van der Waals surface area contributed by atoms with Crippen molar-refractivity contribution >= 4 is 17.7 Å². The number of benzene rings is 4. The van der Waals surface area contributed by atoms with Gasteiger partial charge in [0, 0.05) is 18.3 Å². The predicted octanol–water partition coefficient (Wildman–Crippen LogP) is 7.79. The zero-order valence-corrected chi connectivity index (χ0v) is 26.1. The number of anilines is 1. The van der Waals surface area contributed by atoms with Gasteiger partial charge in [-0.1, -0.05) is 137 Å². The normalized spacial score (nSPS) is 12.2. The van der Waals surface area contributed by atoms with Gasteiger partial charge in [0.2, 0.25) is 0 Å². The van der Waals surface area contributed by atoms with Crippen molar-refractivity contribution in [2.45, 2.75) is 57.5 Å². The van der Waals surface area contributed by atoms with E-state index in [2.05, 4.69) is 79.7 Å². The molecule has 7 heteroatoms. The highest BCUT2D eigenvalue weighted by Crippen LogP contribution is 2.41. The van der Waals surface area contributed by atoms with Gasteiger partial charge < -0.3 is 20.3 Å². The number of amides is 2. The molecule has 1 unspecified atom stereocenters. The van der Waals surface area contributed by atoms with E-state index in [9.17, 15) is 14.7 Å². The third-order valence-corrected chi connectivity index (χ3v) is 8.23. The summed E-state index contributed by atoms with van der Waals surface area (Å²) in [5.41, 5.74) is 5.59. The Hall–Kier alpha value is -5.17. The van der Waals surface area contributed by atoms with Gasteiger partial charge in [-0.05, 0) is 39.7 Å². The number of rotatable bonds is 11. The molecule has 4 aromatic carbocycles. The molecular weight excluding hydrogens is 560 g/mol. The van der Waals surface area contributed by atoms with Crippen LogP contribution in [0, 0.1) is 0 Å². The number of nitrogens with zero attached hydrogens (tertiary/aromatic N) is 2. The molecule has 3 N–H and O–H groups in total. The monoisotopic (exact) mass is 600 g/mol. The Morgan fingerprint density at radius 1 is 0.733 bits per heavy atom. The fourth-order valence-corrected chi connectivity index (χ4v) is 6.05. The van der Waals surface area contributed by atoms with Crippen molar-refractivity contribution in [1.82, 2.24) is 14.9 Å². The molecule has 0 spiro atoms. The molecule has 7 nitrogen and oxygen atoms in total. The molecule has 5 aromatic rings. The predicted molar refractivity (Wildman–Crippen MR) is 179 cm³/mol. The van der Waals surface area contributed by atoms with Crippen molar-refractivity contribution in [3.63, 3.8) is 0 Å². The summed E-state index contributed by atoms with van der Waals surface area (Å²) in [6.45, 7) is 8.27. The average molecular weight is 601 g/mol. The lowest BCUT2D eigenvalue weighted by Crippen LogP contribution is -2.44. The molecule has 230 valence electrons. The molecule has 1 aromatic heterocycles. The summed E-state index contributed by atoms with van der Waals surface area (Å²) in [7, 11) is 0. The molecule has 45 heavy (non-hydrogen) atoms. The fourth-order valence-electron chi connectivity index (χ4n) is 6.05. The second-order valence-corrected chi connectivity index (χ2v) is 11.9. The topological polar surface area (TPSA) is 96.3 Å². The van der Waals surface area contributed by atoms with Gasteiger partial charge in [-0.3, -0.25) is 0 Å². The molecule has 0 aliphatic carbocycles. The van der Waals surface area contributed by atoms with E-state index in [0.717, 1.165) is 33.5 Å². The van der Waals surface area contributed by atoms with Crippen LogP contribution >= 0.6 is 0 Å². The van der Waals surface area contributed by atoms with Crippen LogP contribution in [0.2, 0.25) is 0 Å². The van der Waals surface area contributed by atoms with E-state index in [4.69, 9.17) is 0 Å². The first-order valence-corrected chi connectivity index (χ1v) is 15.3. The Balaban J connectivity index is 1.49. The summed E-state index contributed by atoms with van der Waals surface area (Å²) < 4.78 is 2.04. The highest BCUT2D eigenvalue weighted by atomic mass is 16.4. The van der Waals surface area contributed by atoms with E-state index in [1.807, 2.05) is 83.6 Å². The SMILES string of the molecule is CC(C)c1cccc(C(C)C)c1NC(=O)NC(Cc1cn(C(c2ccccc2)(c2ccccc2)c2ccccc2)cn1)C(=O)O.